The Labute approximate surface area is 120 Å². The molecule has 0 spiro atoms. The van der Waals surface area contributed by atoms with Crippen molar-refractivity contribution < 1.29 is 0 Å². The van der Waals surface area contributed by atoms with Crippen molar-refractivity contribution in [3.05, 3.63) is 16.4 Å². The van der Waals surface area contributed by atoms with E-state index in [0.717, 1.165) is 42.1 Å². The predicted molar refractivity (Wildman–Crippen MR) is 77.4 cm³/mol. The number of rotatable bonds is 4. The Hall–Kier alpha value is -0.580. The molecule has 1 N–H and O–H groups in total. The van der Waals surface area contributed by atoms with Crippen LogP contribution in [-0.2, 0) is 19.5 Å². The molecule has 2 fully saturated rings. The molecule has 5 heteroatoms. The van der Waals surface area contributed by atoms with Gasteiger partial charge in [-0.2, -0.15) is 5.10 Å². The summed E-state index contributed by atoms with van der Waals surface area (Å²) in [6, 6.07) is 0. The Morgan fingerprint density at radius 1 is 1.26 bits per heavy atom. The molecular weight excluding hydrogens is 260 g/mol. The molecule has 0 aromatic carbocycles. The fraction of sp³-hybridized carbons (Fsp3) is 0.786. The van der Waals surface area contributed by atoms with Crippen molar-refractivity contribution in [1.29, 1.82) is 0 Å². The molecule has 1 aromatic rings. The third-order valence-electron chi connectivity index (χ3n) is 4.53. The molecule has 1 aromatic heterocycles. The van der Waals surface area contributed by atoms with E-state index >= 15 is 0 Å². The highest BCUT2D eigenvalue weighted by Gasteiger charge is 2.36. The Morgan fingerprint density at radius 2 is 1.95 bits per heavy atom. The van der Waals surface area contributed by atoms with E-state index < -0.39 is 0 Å². The summed E-state index contributed by atoms with van der Waals surface area (Å²) in [5.41, 5.74) is 2.24. The van der Waals surface area contributed by atoms with Gasteiger partial charge in [-0.15, -0.1) is 0 Å². The van der Waals surface area contributed by atoms with Crippen LogP contribution in [-0.4, -0.2) is 40.9 Å². The van der Waals surface area contributed by atoms with Crippen LogP contribution in [0.4, 0.5) is 0 Å². The summed E-state index contributed by atoms with van der Waals surface area (Å²) in [5.74, 6) is 1.67. The average Bonchev–Trinajstić information content (AvgIpc) is 3.05. The summed E-state index contributed by atoms with van der Waals surface area (Å²) in [6.45, 7) is 10.9. The minimum atomic E-state index is 0.836. The van der Waals surface area contributed by atoms with Crippen LogP contribution in [0.25, 0.3) is 0 Å². The van der Waals surface area contributed by atoms with Crippen LogP contribution in [0.2, 0.25) is 5.02 Å². The normalized spacial score (nSPS) is 27.1. The lowest BCUT2D eigenvalue weighted by Gasteiger charge is -2.17. The molecule has 2 saturated heterocycles. The molecule has 2 atom stereocenters. The molecule has 2 unspecified atom stereocenters. The molecule has 106 valence electrons. The topological polar surface area (TPSA) is 33.1 Å². The average molecular weight is 283 g/mol. The van der Waals surface area contributed by atoms with E-state index in [4.69, 9.17) is 11.6 Å². The van der Waals surface area contributed by atoms with Crippen molar-refractivity contribution in [2.45, 2.75) is 33.4 Å². The molecule has 3 heterocycles. The smallest absolute Gasteiger partial charge is 0.0863 e. The van der Waals surface area contributed by atoms with Crippen LogP contribution in [0, 0.1) is 11.8 Å². The summed E-state index contributed by atoms with van der Waals surface area (Å²) in [7, 11) is 0. The Morgan fingerprint density at radius 3 is 2.53 bits per heavy atom. The summed E-state index contributed by atoms with van der Waals surface area (Å²) in [4.78, 5) is 2.55. The number of likely N-dealkylation sites (tertiary alicyclic amines) is 1. The predicted octanol–water partition coefficient (Wildman–Crippen LogP) is 1.77. The minimum absolute atomic E-state index is 0.836. The van der Waals surface area contributed by atoms with Gasteiger partial charge in [0, 0.05) is 26.2 Å². The third kappa shape index (κ3) is 2.41. The lowest BCUT2D eigenvalue weighted by atomic mass is 10.0. The van der Waals surface area contributed by atoms with Gasteiger partial charge in [-0.25, -0.2) is 0 Å². The molecule has 0 saturated carbocycles. The van der Waals surface area contributed by atoms with Crippen molar-refractivity contribution in [3.8, 4) is 0 Å². The van der Waals surface area contributed by atoms with Crippen LogP contribution in [0.5, 0.6) is 0 Å². The summed E-state index contributed by atoms with van der Waals surface area (Å²) < 4.78 is 2.08. The van der Waals surface area contributed by atoms with Gasteiger partial charge in [-0.3, -0.25) is 9.58 Å². The summed E-state index contributed by atoms with van der Waals surface area (Å²) in [5, 5.41) is 8.98. The number of hydrogen-bond donors (Lipinski definition) is 1. The molecule has 4 nitrogen and oxygen atoms in total. The maximum Gasteiger partial charge on any atom is 0.0863 e. The van der Waals surface area contributed by atoms with Crippen LogP contribution in [0.1, 0.15) is 25.2 Å². The molecule has 3 rings (SSSR count). The number of aryl methyl sites for hydroxylation is 2. The van der Waals surface area contributed by atoms with Gasteiger partial charge in [0.1, 0.15) is 0 Å². The van der Waals surface area contributed by atoms with Crippen LogP contribution < -0.4 is 5.32 Å². The SMILES string of the molecule is CCc1nn(CC)c(CN2CC3CNCC3C2)c1Cl. The fourth-order valence-electron chi connectivity index (χ4n) is 3.46. The molecule has 0 aliphatic carbocycles. The fourth-order valence-corrected chi connectivity index (χ4v) is 3.79. The van der Waals surface area contributed by atoms with Crippen molar-refractivity contribution in [2.24, 2.45) is 11.8 Å². The van der Waals surface area contributed by atoms with Crippen molar-refractivity contribution in [1.82, 2.24) is 20.0 Å². The minimum Gasteiger partial charge on any atom is -0.316 e. The quantitative estimate of drug-likeness (QED) is 0.914. The molecule has 0 bridgehead atoms. The van der Waals surface area contributed by atoms with Crippen LogP contribution in [0.3, 0.4) is 0 Å². The second-order valence-corrected chi connectivity index (χ2v) is 6.13. The van der Waals surface area contributed by atoms with Crippen LogP contribution in [0.15, 0.2) is 0 Å². The molecule has 2 aliphatic heterocycles. The first kappa shape index (κ1) is 13.4. The Kier molecular flexibility index (Phi) is 3.83. The maximum absolute atomic E-state index is 6.49. The second-order valence-electron chi connectivity index (χ2n) is 5.75. The van der Waals surface area contributed by atoms with Gasteiger partial charge in [0.25, 0.3) is 0 Å². The number of hydrogen-bond acceptors (Lipinski definition) is 3. The molecule has 0 radical (unpaired) electrons. The Bertz CT molecular complexity index is 445. The van der Waals surface area contributed by atoms with Gasteiger partial charge in [0.05, 0.1) is 16.4 Å². The first-order valence-electron chi connectivity index (χ1n) is 7.40. The van der Waals surface area contributed by atoms with E-state index in [-0.39, 0.29) is 0 Å². The summed E-state index contributed by atoms with van der Waals surface area (Å²) in [6.07, 6.45) is 0.911. The van der Waals surface area contributed by atoms with E-state index in [1.165, 1.54) is 31.9 Å². The highest BCUT2D eigenvalue weighted by Crippen LogP contribution is 2.29. The highest BCUT2D eigenvalue weighted by molar-refractivity contribution is 6.31. The van der Waals surface area contributed by atoms with E-state index in [2.05, 4.69) is 33.8 Å². The first-order valence-corrected chi connectivity index (χ1v) is 7.77. The van der Waals surface area contributed by atoms with E-state index in [1.54, 1.807) is 0 Å². The lowest BCUT2D eigenvalue weighted by molar-refractivity contribution is 0.295. The standard InChI is InChI=1S/C14H23ClN4/c1-3-12-14(15)13(19(4-2)17-12)9-18-7-10-5-16-6-11(10)8-18/h10-11,16H,3-9H2,1-2H3. The van der Waals surface area contributed by atoms with Gasteiger partial charge in [0.15, 0.2) is 0 Å². The second kappa shape index (κ2) is 5.43. The molecule has 19 heavy (non-hydrogen) atoms. The lowest BCUT2D eigenvalue weighted by Crippen LogP contribution is -2.26. The van der Waals surface area contributed by atoms with Crippen molar-refractivity contribution in [3.63, 3.8) is 0 Å². The van der Waals surface area contributed by atoms with Gasteiger partial charge < -0.3 is 5.32 Å². The number of aromatic nitrogens is 2. The van der Waals surface area contributed by atoms with Crippen LogP contribution >= 0.6 is 11.6 Å². The zero-order valence-corrected chi connectivity index (χ0v) is 12.6. The zero-order valence-electron chi connectivity index (χ0n) is 11.8. The molecule has 0 amide bonds. The number of fused-ring (bicyclic) bond motifs is 1. The van der Waals surface area contributed by atoms with E-state index in [9.17, 15) is 0 Å². The van der Waals surface area contributed by atoms with Crippen molar-refractivity contribution >= 4 is 11.6 Å². The third-order valence-corrected chi connectivity index (χ3v) is 4.97. The van der Waals surface area contributed by atoms with Gasteiger partial charge in [0.2, 0.25) is 0 Å². The highest BCUT2D eigenvalue weighted by atomic mass is 35.5. The molecular formula is C14H23ClN4. The molecule has 2 aliphatic rings. The first-order chi connectivity index (χ1) is 9.22. The van der Waals surface area contributed by atoms with Gasteiger partial charge >= 0.3 is 0 Å². The monoisotopic (exact) mass is 282 g/mol. The summed E-state index contributed by atoms with van der Waals surface area (Å²) >= 11 is 6.49. The van der Waals surface area contributed by atoms with E-state index in [1.807, 2.05) is 0 Å². The van der Waals surface area contributed by atoms with Gasteiger partial charge in [-0.1, -0.05) is 18.5 Å². The number of nitrogens with one attached hydrogen (secondary N) is 1. The Balaban J connectivity index is 1.74. The van der Waals surface area contributed by atoms with Crippen molar-refractivity contribution in [2.75, 3.05) is 26.2 Å². The maximum atomic E-state index is 6.49. The largest absolute Gasteiger partial charge is 0.316 e. The van der Waals surface area contributed by atoms with E-state index in [0.29, 0.717) is 0 Å². The number of halogens is 1. The van der Waals surface area contributed by atoms with Gasteiger partial charge in [-0.05, 0) is 38.3 Å². The zero-order chi connectivity index (χ0) is 13.4. The number of nitrogens with zero attached hydrogens (tertiary/aromatic N) is 3.